The van der Waals surface area contributed by atoms with Crippen molar-refractivity contribution < 1.29 is 4.79 Å². The molecule has 0 saturated heterocycles. The Labute approximate surface area is 140 Å². The molecule has 122 valence electrons. The summed E-state index contributed by atoms with van der Waals surface area (Å²) >= 11 is 0. The lowest BCUT2D eigenvalue weighted by molar-refractivity contribution is -0.119. The minimum Gasteiger partial charge on any atom is -0.350 e. The zero-order valence-electron chi connectivity index (χ0n) is 14.1. The molecule has 0 aliphatic heterocycles. The Hall–Kier alpha value is -1.75. The Kier molecular flexibility index (Phi) is 5.39. The van der Waals surface area contributed by atoms with E-state index in [0.717, 1.165) is 30.4 Å². The van der Waals surface area contributed by atoms with Gasteiger partial charge in [0, 0.05) is 29.0 Å². The molecule has 2 heteroatoms. The van der Waals surface area contributed by atoms with Crippen LogP contribution in [-0.4, -0.2) is 11.9 Å². The molecule has 0 aromatic heterocycles. The van der Waals surface area contributed by atoms with Gasteiger partial charge in [0.1, 0.15) is 0 Å². The van der Waals surface area contributed by atoms with Crippen LogP contribution in [0.1, 0.15) is 58.3 Å². The van der Waals surface area contributed by atoms with Crippen molar-refractivity contribution in [2.24, 2.45) is 11.8 Å². The summed E-state index contributed by atoms with van der Waals surface area (Å²) in [5, 5.41) is 3.16. The Morgan fingerprint density at radius 2 is 1.96 bits per heavy atom. The van der Waals surface area contributed by atoms with Gasteiger partial charge in [-0.25, -0.2) is 0 Å². The summed E-state index contributed by atoms with van der Waals surface area (Å²) in [4.78, 5) is 12.5. The number of amides is 1. The molecule has 23 heavy (non-hydrogen) atoms. The van der Waals surface area contributed by atoms with Crippen molar-refractivity contribution in [1.29, 1.82) is 0 Å². The molecule has 2 fully saturated rings. The van der Waals surface area contributed by atoms with Crippen LogP contribution in [0.5, 0.6) is 0 Å². The molecule has 0 bridgehead atoms. The lowest BCUT2D eigenvalue weighted by atomic mass is 9.91. The third-order valence-electron chi connectivity index (χ3n) is 5.27. The van der Waals surface area contributed by atoms with Crippen LogP contribution in [0.25, 0.3) is 0 Å². The molecule has 0 aromatic carbocycles. The van der Waals surface area contributed by atoms with E-state index in [0.29, 0.717) is 12.0 Å². The van der Waals surface area contributed by atoms with E-state index in [1.807, 2.05) is 12.2 Å². The average molecular weight is 309 g/mol. The molecule has 1 atom stereocenters. The van der Waals surface area contributed by atoms with Crippen molar-refractivity contribution >= 4 is 5.91 Å². The molecule has 3 aliphatic carbocycles. The van der Waals surface area contributed by atoms with Gasteiger partial charge in [0.25, 0.3) is 0 Å². The number of nitrogens with one attached hydrogen (secondary N) is 1. The number of hydrogen-bond acceptors (Lipinski definition) is 1. The van der Waals surface area contributed by atoms with Crippen LogP contribution in [0.4, 0.5) is 0 Å². The number of carbonyl (C=O) groups excluding carboxylic acids is 1. The van der Waals surface area contributed by atoms with Crippen molar-refractivity contribution in [3.8, 4) is 11.8 Å². The molecule has 0 heterocycles. The standard InChI is InChI=1S/C21H27NO/c1-2-18-14-12-17(11-10-16-6-3-4-7-16)13-15-20(18)21(23)22-19-8-5-9-19/h12-16,18-19H,2-9H2,1H3,(H,22,23). The largest absolute Gasteiger partial charge is 0.350 e. The first-order valence-electron chi connectivity index (χ1n) is 9.18. The maximum Gasteiger partial charge on any atom is 0.248 e. The first-order valence-corrected chi connectivity index (χ1v) is 9.18. The smallest absolute Gasteiger partial charge is 0.248 e. The topological polar surface area (TPSA) is 29.1 Å². The summed E-state index contributed by atoms with van der Waals surface area (Å²) in [6.07, 6.45) is 17.8. The van der Waals surface area contributed by atoms with E-state index >= 15 is 0 Å². The summed E-state index contributed by atoms with van der Waals surface area (Å²) in [7, 11) is 0. The SMILES string of the molecule is CCC1C=CC(C#CC2CCCC2)=CC=C1C(=O)NC1CCC1. The normalized spacial score (nSPS) is 24.8. The van der Waals surface area contributed by atoms with Gasteiger partial charge < -0.3 is 5.32 Å². The van der Waals surface area contributed by atoms with Crippen molar-refractivity contribution in [3.63, 3.8) is 0 Å². The third-order valence-corrected chi connectivity index (χ3v) is 5.27. The van der Waals surface area contributed by atoms with Gasteiger partial charge in [-0.3, -0.25) is 4.79 Å². The molecule has 1 unspecified atom stereocenters. The van der Waals surface area contributed by atoms with Gasteiger partial charge in [0.2, 0.25) is 5.91 Å². The fourth-order valence-corrected chi connectivity index (χ4v) is 3.44. The first-order chi connectivity index (χ1) is 11.3. The summed E-state index contributed by atoms with van der Waals surface area (Å²) in [6, 6.07) is 0.388. The van der Waals surface area contributed by atoms with Crippen molar-refractivity contribution in [3.05, 3.63) is 35.5 Å². The van der Waals surface area contributed by atoms with Crippen molar-refractivity contribution in [2.45, 2.75) is 64.3 Å². The van der Waals surface area contributed by atoms with Crippen LogP contribution in [0.15, 0.2) is 35.5 Å². The zero-order valence-corrected chi connectivity index (χ0v) is 14.1. The van der Waals surface area contributed by atoms with Gasteiger partial charge in [0.05, 0.1) is 0 Å². The predicted octanol–water partition coefficient (Wildman–Crippen LogP) is 4.30. The van der Waals surface area contributed by atoms with E-state index in [9.17, 15) is 4.79 Å². The molecule has 1 amide bonds. The molecule has 3 rings (SSSR count). The number of carbonyl (C=O) groups is 1. The summed E-state index contributed by atoms with van der Waals surface area (Å²) in [5.74, 6) is 7.59. The maximum atomic E-state index is 12.5. The van der Waals surface area contributed by atoms with Crippen LogP contribution < -0.4 is 5.32 Å². The molecular formula is C21H27NO. The number of hydrogen-bond donors (Lipinski definition) is 1. The average Bonchev–Trinajstić information content (AvgIpc) is 2.95. The lowest BCUT2D eigenvalue weighted by Crippen LogP contribution is -2.41. The Morgan fingerprint density at radius 3 is 2.61 bits per heavy atom. The zero-order chi connectivity index (χ0) is 16.1. The highest BCUT2D eigenvalue weighted by atomic mass is 16.1. The highest BCUT2D eigenvalue weighted by molar-refractivity contribution is 5.95. The second kappa shape index (κ2) is 7.68. The van der Waals surface area contributed by atoms with Crippen molar-refractivity contribution in [2.75, 3.05) is 0 Å². The van der Waals surface area contributed by atoms with Crippen LogP contribution in [0.3, 0.4) is 0 Å². The molecule has 0 aromatic rings. The van der Waals surface area contributed by atoms with E-state index in [1.54, 1.807) is 0 Å². The van der Waals surface area contributed by atoms with Crippen LogP contribution in [-0.2, 0) is 4.79 Å². The van der Waals surface area contributed by atoms with Gasteiger partial charge in [-0.05, 0) is 50.7 Å². The van der Waals surface area contributed by atoms with Gasteiger partial charge in [-0.15, -0.1) is 0 Å². The summed E-state index contributed by atoms with van der Waals surface area (Å²) < 4.78 is 0. The maximum absolute atomic E-state index is 12.5. The van der Waals surface area contributed by atoms with E-state index in [4.69, 9.17) is 0 Å². The van der Waals surface area contributed by atoms with Gasteiger partial charge in [-0.2, -0.15) is 0 Å². The fraction of sp³-hybridized carbons (Fsp3) is 0.571. The summed E-state index contributed by atoms with van der Waals surface area (Å²) in [5.41, 5.74) is 1.91. The second-order valence-electron chi connectivity index (χ2n) is 6.97. The van der Waals surface area contributed by atoms with Gasteiger partial charge >= 0.3 is 0 Å². The molecule has 3 aliphatic rings. The van der Waals surface area contributed by atoms with Crippen LogP contribution >= 0.6 is 0 Å². The minimum atomic E-state index is 0.104. The van der Waals surface area contributed by atoms with Gasteiger partial charge in [0.15, 0.2) is 0 Å². The first kappa shape index (κ1) is 16.1. The van der Waals surface area contributed by atoms with E-state index < -0.39 is 0 Å². The third kappa shape index (κ3) is 4.16. The number of rotatable bonds is 3. The Bertz CT molecular complexity index is 589. The molecular weight excluding hydrogens is 282 g/mol. The summed E-state index contributed by atoms with van der Waals surface area (Å²) in [6.45, 7) is 2.13. The van der Waals surface area contributed by atoms with Crippen molar-refractivity contribution in [1.82, 2.24) is 5.32 Å². The molecule has 0 spiro atoms. The number of allylic oxidation sites excluding steroid dienone is 5. The van der Waals surface area contributed by atoms with Crippen LogP contribution in [0, 0.1) is 23.7 Å². The second-order valence-corrected chi connectivity index (χ2v) is 6.97. The van der Waals surface area contributed by atoms with E-state index in [1.165, 1.54) is 32.1 Å². The predicted molar refractivity (Wildman–Crippen MR) is 94.6 cm³/mol. The highest BCUT2D eigenvalue weighted by Gasteiger charge is 2.24. The molecule has 2 nitrogen and oxygen atoms in total. The van der Waals surface area contributed by atoms with E-state index in [2.05, 4.69) is 36.2 Å². The Balaban J connectivity index is 1.71. The molecule has 1 N–H and O–H groups in total. The molecule has 0 radical (unpaired) electrons. The fourth-order valence-electron chi connectivity index (χ4n) is 3.44. The monoisotopic (exact) mass is 309 g/mol. The Morgan fingerprint density at radius 1 is 1.17 bits per heavy atom. The van der Waals surface area contributed by atoms with E-state index in [-0.39, 0.29) is 11.8 Å². The van der Waals surface area contributed by atoms with Crippen LogP contribution in [0.2, 0.25) is 0 Å². The minimum absolute atomic E-state index is 0.104. The molecule has 2 saturated carbocycles. The van der Waals surface area contributed by atoms with Gasteiger partial charge in [-0.1, -0.05) is 43.8 Å². The quantitative estimate of drug-likeness (QED) is 0.774. The lowest BCUT2D eigenvalue weighted by Gasteiger charge is -2.27. The highest BCUT2D eigenvalue weighted by Crippen LogP contribution is 2.25.